The molecule has 1 rings (SSSR count). The SMILES string of the molecule is CCNCc1c(F)cccc1N(C)CC(C)(C)O. The summed E-state index contributed by atoms with van der Waals surface area (Å²) in [5.41, 5.74) is 0.653. The number of anilines is 1. The third-order valence-corrected chi connectivity index (χ3v) is 2.68. The predicted molar refractivity (Wildman–Crippen MR) is 73.3 cm³/mol. The van der Waals surface area contributed by atoms with E-state index in [2.05, 4.69) is 5.32 Å². The highest BCUT2D eigenvalue weighted by atomic mass is 19.1. The van der Waals surface area contributed by atoms with Gasteiger partial charge < -0.3 is 15.3 Å². The Bertz CT molecular complexity index is 388. The summed E-state index contributed by atoms with van der Waals surface area (Å²) in [6.45, 7) is 7.22. The lowest BCUT2D eigenvalue weighted by Gasteiger charge is -2.29. The van der Waals surface area contributed by atoms with Gasteiger partial charge in [0.2, 0.25) is 0 Å². The number of likely N-dealkylation sites (N-methyl/N-ethyl adjacent to an activating group) is 1. The summed E-state index contributed by atoms with van der Waals surface area (Å²) in [6, 6.07) is 5.04. The highest BCUT2D eigenvalue weighted by molar-refractivity contribution is 5.54. The van der Waals surface area contributed by atoms with Crippen molar-refractivity contribution in [3.05, 3.63) is 29.6 Å². The zero-order valence-corrected chi connectivity index (χ0v) is 11.6. The van der Waals surface area contributed by atoms with Crippen molar-refractivity contribution in [1.29, 1.82) is 0 Å². The van der Waals surface area contributed by atoms with Gasteiger partial charge in [0.05, 0.1) is 5.60 Å². The molecule has 0 aliphatic rings. The van der Waals surface area contributed by atoms with Crippen molar-refractivity contribution >= 4 is 5.69 Å². The summed E-state index contributed by atoms with van der Waals surface area (Å²) in [7, 11) is 1.86. The summed E-state index contributed by atoms with van der Waals surface area (Å²) < 4.78 is 13.8. The van der Waals surface area contributed by atoms with Crippen LogP contribution in [0.4, 0.5) is 10.1 Å². The lowest BCUT2D eigenvalue weighted by Crippen LogP contribution is -2.37. The van der Waals surface area contributed by atoms with Gasteiger partial charge in [0.1, 0.15) is 5.82 Å². The van der Waals surface area contributed by atoms with Crippen LogP contribution in [-0.4, -0.2) is 30.8 Å². The number of hydrogen-bond acceptors (Lipinski definition) is 3. The third-order valence-electron chi connectivity index (χ3n) is 2.68. The molecule has 0 saturated heterocycles. The highest BCUT2D eigenvalue weighted by Crippen LogP contribution is 2.23. The van der Waals surface area contributed by atoms with E-state index in [0.717, 1.165) is 12.2 Å². The van der Waals surface area contributed by atoms with Crippen LogP contribution in [0, 0.1) is 5.82 Å². The Labute approximate surface area is 109 Å². The lowest BCUT2D eigenvalue weighted by molar-refractivity contribution is 0.0885. The van der Waals surface area contributed by atoms with Gasteiger partial charge in [-0.3, -0.25) is 0 Å². The number of nitrogens with one attached hydrogen (secondary N) is 1. The molecule has 0 aliphatic carbocycles. The van der Waals surface area contributed by atoms with Crippen molar-refractivity contribution in [2.45, 2.75) is 32.9 Å². The molecule has 0 aromatic heterocycles. The molecule has 0 radical (unpaired) electrons. The number of halogens is 1. The van der Waals surface area contributed by atoms with E-state index < -0.39 is 5.60 Å². The molecule has 0 bridgehead atoms. The van der Waals surface area contributed by atoms with E-state index in [0.29, 0.717) is 18.7 Å². The quantitative estimate of drug-likeness (QED) is 0.816. The molecule has 0 heterocycles. The van der Waals surface area contributed by atoms with Crippen molar-refractivity contribution in [1.82, 2.24) is 5.32 Å². The molecule has 3 nitrogen and oxygen atoms in total. The summed E-state index contributed by atoms with van der Waals surface area (Å²) in [5, 5.41) is 13.0. The monoisotopic (exact) mass is 254 g/mol. The largest absolute Gasteiger partial charge is 0.389 e. The lowest BCUT2D eigenvalue weighted by atomic mass is 10.1. The van der Waals surface area contributed by atoms with Crippen LogP contribution in [0.3, 0.4) is 0 Å². The fourth-order valence-electron chi connectivity index (χ4n) is 2.00. The first-order valence-corrected chi connectivity index (χ1v) is 6.26. The second-order valence-corrected chi connectivity index (χ2v) is 5.19. The highest BCUT2D eigenvalue weighted by Gasteiger charge is 2.18. The summed E-state index contributed by atoms with van der Waals surface area (Å²) >= 11 is 0. The van der Waals surface area contributed by atoms with Crippen LogP contribution in [0.2, 0.25) is 0 Å². The van der Waals surface area contributed by atoms with Crippen molar-refractivity contribution in [2.75, 3.05) is 25.0 Å². The maximum Gasteiger partial charge on any atom is 0.129 e. The van der Waals surface area contributed by atoms with E-state index >= 15 is 0 Å². The van der Waals surface area contributed by atoms with Crippen LogP contribution in [-0.2, 0) is 6.54 Å². The second-order valence-electron chi connectivity index (χ2n) is 5.19. The third kappa shape index (κ3) is 4.27. The Morgan fingerprint density at radius 2 is 2.06 bits per heavy atom. The Balaban J connectivity index is 2.96. The number of benzene rings is 1. The molecule has 0 unspecified atom stereocenters. The molecule has 0 saturated carbocycles. The minimum Gasteiger partial charge on any atom is -0.389 e. The van der Waals surface area contributed by atoms with E-state index in [1.165, 1.54) is 6.07 Å². The van der Waals surface area contributed by atoms with Gasteiger partial charge in [-0.25, -0.2) is 4.39 Å². The molecule has 0 fully saturated rings. The average Bonchev–Trinajstić information content (AvgIpc) is 2.24. The van der Waals surface area contributed by atoms with Crippen molar-refractivity contribution in [2.24, 2.45) is 0 Å². The van der Waals surface area contributed by atoms with Gasteiger partial charge >= 0.3 is 0 Å². The fourth-order valence-corrected chi connectivity index (χ4v) is 2.00. The minimum absolute atomic E-state index is 0.212. The number of nitrogens with zero attached hydrogens (tertiary/aromatic N) is 1. The van der Waals surface area contributed by atoms with E-state index in [-0.39, 0.29) is 5.82 Å². The molecular weight excluding hydrogens is 231 g/mol. The van der Waals surface area contributed by atoms with Crippen molar-refractivity contribution < 1.29 is 9.50 Å². The van der Waals surface area contributed by atoms with Crippen LogP contribution in [0.25, 0.3) is 0 Å². The fraction of sp³-hybridized carbons (Fsp3) is 0.571. The maximum absolute atomic E-state index is 13.8. The van der Waals surface area contributed by atoms with Gasteiger partial charge in [0.15, 0.2) is 0 Å². The molecule has 1 aromatic rings. The topological polar surface area (TPSA) is 35.5 Å². The molecule has 102 valence electrons. The molecule has 0 spiro atoms. The van der Waals surface area contributed by atoms with Gasteiger partial charge in [0.25, 0.3) is 0 Å². The molecule has 0 aliphatic heterocycles. The van der Waals surface area contributed by atoms with Gasteiger partial charge in [-0.2, -0.15) is 0 Å². The Morgan fingerprint density at radius 3 is 2.61 bits per heavy atom. The van der Waals surface area contributed by atoms with Crippen LogP contribution < -0.4 is 10.2 Å². The van der Waals surface area contributed by atoms with Crippen LogP contribution in [0.15, 0.2) is 18.2 Å². The maximum atomic E-state index is 13.8. The first-order chi connectivity index (χ1) is 8.35. The summed E-state index contributed by atoms with van der Waals surface area (Å²) in [5.74, 6) is -0.212. The number of rotatable bonds is 6. The number of aliphatic hydroxyl groups is 1. The summed E-state index contributed by atoms with van der Waals surface area (Å²) in [4.78, 5) is 1.88. The first kappa shape index (κ1) is 14.9. The standard InChI is InChI=1S/C14H23FN2O/c1-5-16-9-11-12(15)7-6-8-13(11)17(4)10-14(2,3)18/h6-8,16,18H,5,9-10H2,1-4H3. The van der Waals surface area contributed by atoms with Gasteiger partial charge in [-0.15, -0.1) is 0 Å². The molecule has 18 heavy (non-hydrogen) atoms. The molecule has 0 atom stereocenters. The molecule has 4 heteroatoms. The van der Waals surface area contributed by atoms with E-state index in [1.807, 2.05) is 24.9 Å². The molecule has 1 aromatic carbocycles. The normalized spacial score (nSPS) is 11.7. The zero-order valence-electron chi connectivity index (χ0n) is 11.6. The van der Waals surface area contributed by atoms with Crippen molar-refractivity contribution in [3.63, 3.8) is 0 Å². The summed E-state index contributed by atoms with van der Waals surface area (Å²) in [6.07, 6.45) is 0. The second kappa shape index (κ2) is 6.16. The average molecular weight is 254 g/mol. The molecular formula is C14H23FN2O. The van der Waals surface area contributed by atoms with E-state index in [1.54, 1.807) is 19.9 Å². The van der Waals surface area contributed by atoms with E-state index in [4.69, 9.17) is 0 Å². The minimum atomic E-state index is -0.809. The van der Waals surface area contributed by atoms with Crippen LogP contribution in [0.5, 0.6) is 0 Å². The smallest absolute Gasteiger partial charge is 0.129 e. The Kier molecular flexibility index (Phi) is 5.11. The van der Waals surface area contributed by atoms with Crippen molar-refractivity contribution in [3.8, 4) is 0 Å². The molecule has 0 amide bonds. The predicted octanol–water partition coefficient (Wildman–Crippen LogP) is 2.14. The number of hydrogen-bond donors (Lipinski definition) is 2. The van der Waals surface area contributed by atoms with Crippen LogP contribution in [0.1, 0.15) is 26.3 Å². The van der Waals surface area contributed by atoms with Crippen LogP contribution >= 0.6 is 0 Å². The van der Waals surface area contributed by atoms with Gasteiger partial charge in [-0.1, -0.05) is 13.0 Å². The van der Waals surface area contributed by atoms with E-state index in [9.17, 15) is 9.50 Å². The van der Waals surface area contributed by atoms with Gasteiger partial charge in [0, 0.05) is 31.4 Å². The first-order valence-electron chi connectivity index (χ1n) is 6.26. The Morgan fingerprint density at radius 1 is 1.39 bits per heavy atom. The zero-order chi connectivity index (χ0) is 13.8. The molecule has 2 N–H and O–H groups in total. The van der Waals surface area contributed by atoms with Gasteiger partial charge in [-0.05, 0) is 32.5 Å². The Hall–Kier alpha value is -1.13.